The first-order valence-electron chi connectivity index (χ1n) is 14.7. The summed E-state index contributed by atoms with van der Waals surface area (Å²) in [5.41, 5.74) is 3.64. The van der Waals surface area contributed by atoms with Gasteiger partial charge in [-0.2, -0.15) is 4.57 Å². The number of hydrogen-bond acceptors (Lipinski definition) is 6. The molecule has 3 heterocycles. The topological polar surface area (TPSA) is 38.4 Å². The van der Waals surface area contributed by atoms with Gasteiger partial charge in [-0.25, -0.2) is 0 Å². The van der Waals surface area contributed by atoms with Crippen LogP contribution in [0.4, 0.5) is 5.69 Å². The average Bonchev–Trinajstić information content (AvgIpc) is 3.62. The van der Waals surface area contributed by atoms with Crippen LogP contribution in [0.3, 0.4) is 0 Å². The number of anilines is 1. The van der Waals surface area contributed by atoms with E-state index in [0.717, 1.165) is 50.1 Å². The molecule has 1 aliphatic heterocycles. The van der Waals surface area contributed by atoms with Crippen LogP contribution in [-0.2, 0) is 13.1 Å². The van der Waals surface area contributed by atoms with E-state index in [-0.39, 0.29) is 5.56 Å². The molecule has 0 spiro atoms. The zero-order chi connectivity index (χ0) is 29.4. The van der Waals surface area contributed by atoms with Crippen molar-refractivity contribution in [3.8, 4) is 5.75 Å². The molecule has 216 valence electrons. The molecule has 42 heavy (non-hydrogen) atoms. The van der Waals surface area contributed by atoms with Crippen molar-refractivity contribution >= 4 is 73.3 Å². The highest BCUT2D eigenvalue weighted by Crippen LogP contribution is 2.49. The second kappa shape index (κ2) is 12.1. The molecule has 0 bridgehead atoms. The Morgan fingerprint density at radius 1 is 0.976 bits per heavy atom. The van der Waals surface area contributed by atoms with Crippen LogP contribution in [0.5, 0.6) is 5.75 Å². The van der Waals surface area contributed by atoms with Gasteiger partial charge in [0.2, 0.25) is 5.52 Å². The lowest BCUT2D eigenvalue weighted by Gasteiger charge is -2.17. The monoisotopic (exact) mass is 614 g/mol. The first-order chi connectivity index (χ1) is 20.5. The molecule has 2 aromatic heterocycles. The highest BCUT2D eigenvalue weighted by molar-refractivity contribution is 8.04. The van der Waals surface area contributed by atoms with Gasteiger partial charge in [0.05, 0.1) is 34.0 Å². The number of thiazole rings is 2. The van der Waals surface area contributed by atoms with Crippen molar-refractivity contribution in [3.63, 3.8) is 0 Å². The lowest BCUT2D eigenvalue weighted by atomic mass is 10.1. The predicted octanol–water partition coefficient (Wildman–Crippen LogP) is 6.79. The van der Waals surface area contributed by atoms with Gasteiger partial charge in [-0.15, -0.1) is 11.3 Å². The van der Waals surface area contributed by atoms with Gasteiger partial charge < -0.3 is 9.64 Å². The molecule has 5 nitrogen and oxygen atoms in total. The van der Waals surface area contributed by atoms with Crippen molar-refractivity contribution in [2.75, 3.05) is 18.1 Å². The van der Waals surface area contributed by atoms with E-state index in [9.17, 15) is 4.79 Å². The fourth-order valence-electron chi connectivity index (χ4n) is 5.59. The molecule has 8 heteroatoms. The van der Waals surface area contributed by atoms with Crippen LogP contribution in [-0.4, -0.2) is 17.7 Å². The number of aromatic nitrogens is 2. The normalized spacial score (nSPS) is 15.1. The lowest BCUT2D eigenvalue weighted by molar-refractivity contribution is -0.668. The van der Waals surface area contributed by atoms with E-state index in [1.807, 2.05) is 24.5 Å². The number of ether oxygens (including phenoxy) is 1. The average molecular weight is 615 g/mol. The van der Waals surface area contributed by atoms with Crippen molar-refractivity contribution in [1.29, 1.82) is 0 Å². The molecule has 1 aliphatic rings. The summed E-state index contributed by atoms with van der Waals surface area (Å²) >= 11 is 5.14. The van der Waals surface area contributed by atoms with Crippen molar-refractivity contribution in [1.82, 2.24) is 4.57 Å². The number of allylic oxidation sites excluding steroid dienone is 1. The minimum Gasteiger partial charge on any atom is -0.493 e. The number of rotatable bonds is 8. The molecule has 0 saturated heterocycles. The van der Waals surface area contributed by atoms with Crippen LogP contribution in [0.15, 0.2) is 69.3 Å². The lowest BCUT2D eigenvalue weighted by Crippen LogP contribution is -2.36. The molecule has 0 N–H and O–H groups in total. The fourth-order valence-corrected chi connectivity index (χ4v) is 9.18. The number of fused-ring (bicyclic) bond motifs is 4. The van der Waals surface area contributed by atoms with E-state index in [2.05, 4.69) is 90.9 Å². The number of nitrogens with zero attached hydrogens (tertiary/aromatic N) is 3. The van der Waals surface area contributed by atoms with Crippen molar-refractivity contribution in [2.45, 2.75) is 59.0 Å². The smallest absolute Gasteiger partial charge is 0.269 e. The number of hydrogen-bond donors (Lipinski definition) is 0. The van der Waals surface area contributed by atoms with E-state index >= 15 is 0 Å². The fraction of sp³-hybridized carbons (Fsp3) is 0.294. The van der Waals surface area contributed by atoms with E-state index in [1.54, 1.807) is 34.4 Å². The van der Waals surface area contributed by atoms with Crippen LogP contribution in [0.25, 0.3) is 33.1 Å². The zero-order valence-electron chi connectivity index (χ0n) is 24.8. The van der Waals surface area contributed by atoms with Crippen LogP contribution >= 0.6 is 34.4 Å². The van der Waals surface area contributed by atoms with Gasteiger partial charge >= 0.3 is 0 Å². The molecule has 5 aromatic rings. The Balaban J connectivity index is 1.44. The Morgan fingerprint density at radius 2 is 1.81 bits per heavy atom. The van der Waals surface area contributed by atoms with Gasteiger partial charge in [0.1, 0.15) is 21.7 Å². The van der Waals surface area contributed by atoms with E-state index in [0.29, 0.717) is 13.2 Å². The standard InChI is InChI=1S/C34H36N3O2S3/c1-6-18-37-26-20-27(39-9-4)22(5)19-29(26)41-32(37)21-31-36(8-3)34(38)28(40-31)16-17-30-35(7-2)25-15-14-23-12-10-11-13-24(23)33(25)42-30/h10-17,19-21H,6-9,18H2,1-5H3/q+1/b28-16+,30-17?. The van der Waals surface area contributed by atoms with Crippen molar-refractivity contribution in [3.05, 3.63) is 89.8 Å². The first-order valence-corrected chi connectivity index (χ1v) is 17.1. The summed E-state index contributed by atoms with van der Waals surface area (Å²) in [4.78, 5) is 17.2. The second-order valence-corrected chi connectivity index (χ2v) is 13.4. The van der Waals surface area contributed by atoms with E-state index < -0.39 is 0 Å². The van der Waals surface area contributed by atoms with Crippen LogP contribution in [0.1, 0.15) is 44.7 Å². The Bertz CT molecular complexity index is 2020. The predicted molar refractivity (Wildman–Crippen MR) is 181 cm³/mol. The van der Waals surface area contributed by atoms with Gasteiger partial charge in [-0.3, -0.25) is 9.36 Å². The Hall–Kier alpha value is -3.33. The van der Waals surface area contributed by atoms with Gasteiger partial charge in [-0.1, -0.05) is 60.4 Å². The summed E-state index contributed by atoms with van der Waals surface area (Å²) in [6.07, 6.45) is 7.35. The SMILES string of the molecule is CCC[n+]1c(C=c2s/c(=C/C=C3Sc4c(ccc5ccccc45)N3CC)c(=O)n2CC)sc2cc(C)c(OCC)cc21. The zero-order valence-corrected chi connectivity index (χ0v) is 27.2. The maximum atomic E-state index is 13.6. The minimum atomic E-state index is 0.0669. The Labute approximate surface area is 258 Å². The number of aryl methyl sites for hydroxylation is 2. The molecule has 3 aromatic carbocycles. The highest BCUT2D eigenvalue weighted by atomic mass is 32.2. The van der Waals surface area contributed by atoms with E-state index in [1.165, 1.54) is 31.6 Å². The van der Waals surface area contributed by atoms with Gasteiger partial charge in [-0.05, 0) is 68.3 Å². The third-order valence-electron chi connectivity index (χ3n) is 7.59. The summed E-state index contributed by atoms with van der Waals surface area (Å²) in [6, 6.07) is 17.4. The molecule has 0 fully saturated rings. The van der Waals surface area contributed by atoms with Gasteiger partial charge in [0.25, 0.3) is 10.6 Å². The third kappa shape index (κ3) is 5.10. The molecular formula is C34H36N3O2S3+. The maximum Gasteiger partial charge on any atom is 0.269 e. The van der Waals surface area contributed by atoms with Gasteiger partial charge in [0.15, 0.2) is 0 Å². The molecule has 6 rings (SSSR count). The second-order valence-electron chi connectivity index (χ2n) is 10.3. The molecule has 0 radical (unpaired) electrons. The summed E-state index contributed by atoms with van der Waals surface area (Å²) < 4.78 is 13.1. The summed E-state index contributed by atoms with van der Waals surface area (Å²) in [7, 11) is 0. The largest absolute Gasteiger partial charge is 0.493 e. The quantitative estimate of drug-likeness (QED) is 0.181. The minimum absolute atomic E-state index is 0.0669. The molecule has 0 aliphatic carbocycles. The maximum absolute atomic E-state index is 13.6. The Kier molecular flexibility index (Phi) is 8.30. The highest BCUT2D eigenvalue weighted by Gasteiger charge is 2.25. The molecule has 0 amide bonds. The summed E-state index contributed by atoms with van der Waals surface area (Å²) in [5, 5.41) is 4.82. The van der Waals surface area contributed by atoms with Crippen molar-refractivity contribution < 1.29 is 9.30 Å². The van der Waals surface area contributed by atoms with Crippen LogP contribution < -0.4 is 29.0 Å². The van der Waals surface area contributed by atoms with Crippen molar-refractivity contribution in [2.24, 2.45) is 0 Å². The van der Waals surface area contributed by atoms with Gasteiger partial charge in [0, 0.05) is 24.4 Å². The van der Waals surface area contributed by atoms with Crippen LogP contribution in [0.2, 0.25) is 0 Å². The molecule has 0 saturated carbocycles. The summed E-state index contributed by atoms with van der Waals surface area (Å²) in [5.74, 6) is 0.937. The Morgan fingerprint density at radius 3 is 2.57 bits per heavy atom. The van der Waals surface area contributed by atoms with Crippen LogP contribution in [0, 0.1) is 6.92 Å². The third-order valence-corrected chi connectivity index (χ3v) is 11.0. The number of thioether (sulfide) groups is 1. The molecular weight excluding hydrogens is 579 g/mol. The first kappa shape index (κ1) is 28.8. The number of benzene rings is 3. The summed E-state index contributed by atoms with van der Waals surface area (Å²) in [6.45, 7) is 13.6. The molecule has 0 unspecified atom stereocenters. The molecule has 0 atom stereocenters. The van der Waals surface area contributed by atoms with E-state index in [4.69, 9.17) is 4.74 Å².